The summed E-state index contributed by atoms with van der Waals surface area (Å²) in [7, 11) is 1.91. The van der Waals surface area contributed by atoms with Crippen molar-refractivity contribution in [2.75, 3.05) is 5.32 Å². The lowest BCUT2D eigenvalue weighted by atomic mass is 9.88. The van der Waals surface area contributed by atoms with Crippen LogP contribution in [0.1, 0.15) is 76.4 Å². The molecule has 7 rings (SSSR count). The quantitative estimate of drug-likeness (QED) is 0.274. The Morgan fingerprint density at radius 1 is 1.05 bits per heavy atom. The maximum Gasteiger partial charge on any atom is 0.210 e. The van der Waals surface area contributed by atoms with Crippen LogP contribution in [0.5, 0.6) is 11.5 Å². The Hall–Kier alpha value is -3.66. The van der Waals surface area contributed by atoms with Crippen molar-refractivity contribution in [3.8, 4) is 11.5 Å². The Kier molecular flexibility index (Phi) is 5.20. The van der Waals surface area contributed by atoms with Crippen LogP contribution in [-0.4, -0.2) is 38.7 Å². The van der Waals surface area contributed by atoms with Crippen molar-refractivity contribution in [1.82, 2.24) is 38.7 Å². The number of pyridine rings is 1. The number of aromatic nitrogens is 8. The molecule has 5 aromatic rings. The minimum absolute atomic E-state index is 0.0139. The molecule has 196 valence electrons. The van der Waals surface area contributed by atoms with E-state index in [1.54, 1.807) is 18.6 Å². The van der Waals surface area contributed by atoms with Crippen LogP contribution in [0.2, 0.25) is 5.02 Å². The van der Waals surface area contributed by atoms with Gasteiger partial charge in [0.15, 0.2) is 28.6 Å². The van der Waals surface area contributed by atoms with E-state index in [4.69, 9.17) is 26.4 Å². The molecule has 2 saturated carbocycles. The zero-order valence-corrected chi connectivity index (χ0v) is 22.7. The molecule has 0 aliphatic heterocycles. The number of fused-ring (bicyclic) bond motifs is 2. The van der Waals surface area contributed by atoms with Crippen molar-refractivity contribution < 1.29 is 4.74 Å². The summed E-state index contributed by atoms with van der Waals surface area (Å²) in [5.74, 6) is 3.90. The molecule has 2 aliphatic rings. The highest BCUT2D eigenvalue weighted by molar-refractivity contribution is 6.36. The number of ether oxygens (including phenoxy) is 1. The molecule has 0 spiro atoms. The molecule has 0 radical (unpaired) electrons. The smallest absolute Gasteiger partial charge is 0.210 e. The van der Waals surface area contributed by atoms with Gasteiger partial charge < -0.3 is 14.6 Å². The average Bonchev–Trinajstić information content (AvgIpc) is 3.32. The van der Waals surface area contributed by atoms with E-state index in [0.29, 0.717) is 45.6 Å². The molecule has 2 fully saturated rings. The van der Waals surface area contributed by atoms with Gasteiger partial charge >= 0.3 is 0 Å². The van der Waals surface area contributed by atoms with Crippen LogP contribution in [0.3, 0.4) is 0 Å². The molecule has 0 bridgehead atoms. The Morgan fingerprint density at radius 3 is 2.58 bits per heavy atom. The maximum atomic E-state index is 6.85. The Bertz CT molecular complexity index is 1680. The minimum Gasteiger partial charge on any atom is -0.451 e. The molecule has 0 atom stereocenters. The fourth-order valence-electron chi connectivity index (χ4n) is 5.04. The van der Waals surface area contributed by atoms with Gasteiger partial charge in [-0.15, -0.1) is 0 Å². The third kappa shape index (κ3) is 3.89. The zero-order valence-electron chi connectivity index (χ0n) is 21.9. The molecular formula is C27H30ClN9O. The van der Waals surface area contributed by atoms with Crippen LogP contribution in [0.15, 0.2) is 30.9 Å². The first kappa shape index (κ1) is 23.5. The number of rotatable bonds is 6. The molecule has 10 nitrogen and oxygen atoms in total. The lowest BCUT2D eigenvalue weighted by Gasteiger charge is -2.31. The summed E-state index contributed by atoms with van der Waals surface area (Å²) in [6, 6.07) is 2.59. The van der Waals surface area contributed by atoms with Gasteiger partial charge in [0.2, 0.25) is 5.95 Å². The van der Waals surface area contributed by atoms with E-state index < -0.39 is 0 Å². The average molecular weight is 532 g/mol. The summed E-state index contributed by atoms with van der Waals surface area (Å²) in [6.45, 7) is 6.65. The van der Waals surface area contributed by atoms with Crippen molar-refractivity contribution in [2.24, 2.45) is 7.05 Å². The Balaban J connectivity index is 1.20. The number of nitrogens with one attached hydrogen (secondary N) is 1. The van der Waals surface area contributed by atoms with E-state index in [1.165, 1.54) is 25.0 Å². The van der Waals surface area contributed by atoms with Gasteiger partial charge in [-0.25, -0.2) is 15.0 Å². The Labute approximate surface area is 225 Å². The van der Waals surface area contributed by atoms with Crippen molar-refractivity contribution in [3.05, 3.63) is 47.4 Å². The number of hydrogen-bond acceptors (Lipinski definition) is 7. The second-order valence-electron chi connectivity index (χ2n) is 11.4. The van der Waals surface area contributed by atoms with Crippen LogP contribution in [0, 0.1) is 0 Å². The van der Waals surface area contributed by atoms with E-state index in [-0.39, 0.29) is 5.41 Å². The van der Waals surface area contributed by atoms with E-state index in [0.717, 1.165) is 30.1 Å². The number of anilines is 2. The lowest BCUT2D eigenvalue weighted by molar-refractivity contribution is 0.272. The highest BCUT2D eigenvalue weighted by atomic mass is 35.5. The number of nitrogens with zero attached hydrogens (tertiary/aromatic N) is 8. The first-order valence-corrected chi connectivity index (χ1v) is 13.5. The van der Waals surface area contributed by atoms with Crippen LogP contribution >= 0.6 is 11.6 Å². The molecule has 0 unspecified atom stereocenters. The SMILES string of the molecule is Cn1c(Nc2cc(C(C)(C)C)n(C3CCC3)n2)nc2ncc(Oc3cnc4cnc(C5CC5)n4c3)c(Cl)c21. The van der Waals surface area contributed by atoms with Crippen LogP contribution in [-0.2, 0) is 12.5 Å². The zero-order chi connectivity index (χ0) is 26.2. The van der Waals surface area contributed by atoms with Gasteiger partial charge in [-0.05, 0) is 32.1 Å². The van der Waals surface area contributed by atoms with Gasteiger partial charge in [0, 0.05) is 30.1 Å². The van der Waals surface area contributed by atoms with E-state index >= 15 is 0 Å². The van der Waals surface area contributed by atoms with Crippen LogP contribution in [0.4, 0.5) is 11.8 Å². The van der Waals surface area contributed by atoms with Crippen molar-refractivity contribution in [3.63, 3.8) is 0 Å². The van der Waals surface area contributed by atoms with Gasteiger partial charge in [0.25, 0.3) is 0 Å². The van der Waals surface area contributed by atoms with Gasteiger partial charge in [0.05, 0.1) is 30.8 Å². The summed E-state index contributed by atoms with van der Waals surface area (Å²) in [6.07, 6.45) is 12.9. The first-order chi connectivity index (χ1) is 18.3. The van der Waals surface area contributed by atoms with Gasteiger partial charge in [-0.2, -0.15) is 10.1 Å². The number of hydrogen-bond donors (Lipinski definition) is 1. The number of halogens is 1. The van der Waals surface area contributed by atoms with Gasteiger partial charge in [0.1, 0.15) is 16.4 Å². The summed E-state index contributed by atoms with van der Waals surface area (Å²) < 4.78 is 12.2. The molecule has 5 heterocycles. The predicted molar refractivity (Wildman–Crippen MR) is 146 cm³/mol. The molecule has 2 aliphatic carbocycles. The molecule has 0 aromatic carbocycles. The summed E-state index contributed by atoms with van der Waals surface area (Å²) in [5.41, 5.74) is 3.21. The molecule has 1 N–H and O–H groups in total. The highest BCUT2D eigenvalue weighted by Gasteiger charge is 2.30. The van der Waals surface area contributed by atoms with Gasteiger partial charge in [-0.3, -0.25) is 9.08 Å². The largest absolute Gasteiger partial charge is 0.451 e. The van der Waals surface area contributed by atoms with E-state index in [9.17, 15) is 0 Å². The number of aryl methyl sites for hydroxylation is 1. The standard InChI is InChI=1S/C27H30ClN9O/c1-27(2,3)19-10-20(34-37(19)16-6-5-7-16)32-26-33-24-23(35(26)4)22(28)18(12-30-24)38-17-11-29-21-13-31-25(15-8-9-15)36(21)14-17/h10-16H,5-9H2,1-4H3,(H,30,32,33,34). The van der Waals surface area contributed by atoms with E-state index in [2.05, 4.69) is 51.8 Å². The number of imidazole rings is 2. The van der Waals surface area contributed by atoms with Crippen molar-refractivity contribution in [2.45, 2.75) is 70.3 Å². The fraction of sp³-hybridized carbons (Fsp3) is 0.444. The fourth-order valence-corrected chi connectivity index (χ4v) is 5.34. The minimum atomic E-state index is -0.0139. The molecular weight excluding hydrogens is 502 g/mol. The molecule has 38 heavy (non-hydrogen) atoms. The maximum absolute atomic E-state index is 6.85. The van der Waals surface area contributed by atoms with Crippen molar-refractivity contribution >= 4 is 40.2 Å². The lowest BCUT2D eigenvalue weighted by Crippen LogP contribution is -2.25. The molecule has 5 aromatic heterocycles. The summed E-state index contributed by atoms with van der Waals surface area (Å²) in [4.78, 5) is 18.3. The third-order valence-corrected chi connectivity index (χ3v) is 7.89. The van der Waals surface area contributed by atoms with E-state index in [1.807, 2.05) is 22.2 Å². The molecule has 0 saturated heterocycles. The highest BCUT2D eigenvalue weighted by Crippen LogP contribution is 2.41. The molecule has 0 amide bonds. The molecule has 11 heteroatoms. The summed E-state index contributed by atoms with van der Waals surface area (Å²) >= 11 is 6.85. The van der Waals surface area contributed by atoms with Gasteiger partial charge in [-0.1, -0.05) is 32.4 Å². The monoisotopic (exact) mass is 531 g/mol. The predicted octanol–water partition coefficient (Wildman–Crippen LogP) is 6.30. The first-order valence-electron chi connectivity index (χ1n) is 13.1. The van der Waals surface area contributed by atoms with Crippen LogP contribution < -0.4 is 10.1 Å². The van der Waals surface area contributed by atoms with Crippen LogP contribution in [0.25, 0.3) is 16.8 Å². The second-order valence-corrected chi connectivity index (χ2v) is 11.8. The van der Waals surface area contributed by atoms with Crippen molar-refractivity contribution in [1.29, 1.82) is 0 Å². The second kappa shape index (κ2) is 8.42. The normalized spacial score (nSPS) is 16.3. The summed E-state index contributed by atoms with van der Waals surface area (Å²) in [5, 5.41) is 8.73. The Morgan fingerprint density at radius 2 is 1.87 bits per heavy atom. The third-order valence-electron chi connectivity index (χ3n) is 7.53. The topological polar surface area (TPSA) is 100.0 Å².